The van der Waals surface area contributed by atoms with Gasteiger partial charge in [-0.3, -0.25) is 9.59 Å². The van der Waals surface area contributed by atoms with Crippen LogP contribution in [-0.4, -0.2) is 18.7 Å². The average Bonchev–Trinajstić information content (AvgIpc) is 3.18. The summed E-state index contributed by atoms with van der Waals surface area (Å²) in [6.07, 6.45) is 2.44. The van der Waals surface area contributed by atoms with Crippen LogP contribution in [0.25, 0.3) is 16.2 Å². The summed E-state index contributed by atoms with van der Waals surface area (Å²) >= 11 is 1.46. The molecule has 4 heteroatoms. The number of hydrogen-bond donors (Lipinski definition) is 0. The van der Waals surface area contributed by atoms with Gasteiger partial charge in [-0.25, -0.2) is 0 Å². The van der Waals surface area contributed by atoms with Crippen LogP contribution in [0.15, 0.2) is 24.8 Å². The van der Waals surface area contributed by atoms with Crippen LogP contribution < -0.4 is 4.74 Å². The molecule has 0 aliphatic heterocycles. The van der Waals surface area contributed by atoms with Crippen molar-refractivity contribution in [3.8, 4) is 5.75 Å². The second kappa shape index (κ2) is 5.11. The fourth-order valence-corrected chi connectivity index (χ4v) is 3.74. The van der Waals surface area contributed by atoms with Crippen LogP contribution in [0.3, 0.4) is 0 Å². The first kappa shape index (κ1) is 14.0. The van der Waals surface area contributed by atoms with Gasteiger partial charge in [0.1, 0.15) is 11.5 Å². The Labute approximate surface area is 127 Å². The molecule has 3 rings (SSSR count). The molecule has 1 aliphatic rings. The molecule has 1 saturated carbocycles. The van der Waals surface area contributed by atoms with Crippen molar-refractivity contribution in [1.82, 2.24) is 0 Å². The number of methoxy groups -OCH3 is 1. The van der Waals surface area contributed by atoms with Crippen LogP contribution in [0, 0.1) is 11.8 Å². The van der Waals surface area contributed by atoms with Crippen molar-refractivity contribution in [2.24, 2.45) is 11.8 Å². The van der Waals surface area contributed by atoms with Crippen LogP contribution >= 0.6 is 11.3 Å². The lowest BCUT2D eigenvalue weighted by Gasteiger charge is -2.04. The SMILES string of the molecule is C=Cc1cc2cc(C(=O)[C@@H]3C[C@@H]3C(C)=O)sc2cc1OC. The highest BCUT2D eigenvalue weighted by Crippen LogP contribution is 2.43. The summed E-state index contributed by atoms with van der Waals surface area (Å²) in [6.45, 7) is 5.33. The summed E-state index contributed by atoms with van der Waals surface area (Å²) in [4.78, 5) is 24.4. The van der Waals surface area contributed by atoms with Crippen molar-refractivity contribution in [3.05, 3.63) is 35.2 Å². The van der Waals surface area contributed by atoms with E-state index >= 15 is 0 Å². The molecule has 0 unspecified atom stereocenters. The minimum absolute atomic E-state index is 0.0685. The van der Waals surface area contributed by atoms with Crippen LogP contribution in [0.1, 0.15) is 28.6 Å². The number of benzene rings is 1. The molecule has 0 saturated heterocycles. The Hall–Kier alpha value is -1.94. The topological polar surface area (TPSA) is 43.4 Å². The fraction of sp³-hybridized carbons (Fsp3) is 0.294. The number of carbonyl (C=O) groups is 2. The predicted octanol–water partition coefficient (Wildman–Crippen LogP) is 3.96. The molecule has 0 amide bonds. The molecule has 0 spiro atoms. The molecule has 1 fully saturated rings. The summed E-state index contributed by atoms with van der Waals surface area (Å²) in [5.41, 5.74) is 0.912. The molecule has 3 nitrogen and oxygen atoms in total. The Morgan fingerprint density at radius 1 is 1.33 bits per heavy atom. The lowest BCUT2D eigenvalue weighted by atomic mass is 10.1. The highest BCUT2D eigenvalue weighted by Gasteiger charge is 2.46. The van der Waals surface area contributed by atoms with Crippen molar-refractivity contribution in [2.45, 2.75) is 13.3 Å². The minimum Gasteiger partial charge on any atom is -0.496 e. The van der Waals surface area contributed by atoms with Gasteiger partial charge >= 0.3 is 0 Å². The molecule has 0 radical (unpaired) electrons. The zero-order valence-corrected chi connectivity index (χ0v) is 12.8. The number of fused-ring (bicyclic) bond motifs is 1. The summed E-state index contributed by atoms with van der Waals surface area (Å²) in [6, 6.07) is 5.82. The van der Waals surface area contributed by atoms with E-state index in [4.69, 9.17) is 4.74 Å². The van der Waals surface area contributed by atoms with Gasteiger partial charge in [-0.2, -0.15) is 0 Å². The molecule has 21 heavy (non-hydrogen) atoms. The van der Waals surface area contributed by atoms with Gasteiger partial charge in [-0.15, -0.1) is 11.3 Å². The summed E-state index contributed by atoms with van der Waals surface area (Å²) < 4.78 is 6.34. The fourth-order valence-electron chi connectivity index (χ4n) is 2.66. The van der Waals surface area contributed by atoms with Crippen molar-refractivity contribution in [2.75, 3.05) is 7.11 Å². The largest absolute Gasteiger partial charge is 0.496 e. The maximum Gasteiger partial charge on any atom is 0.176 e. The molecule has 1 aliphatic carbocycles. The predicted molar refractivity (Wildman–Crippen MR) is 85.1 cm³/mol. The van der Waals surface area contributed by atoms with Gasteiger partial charge in [0.25, 0.3) is 0 Å². The molecule has 1 aromatic heterocycles. The zero-order chi connectivity index (χ0) is 15.1. The highest BCUT2D eigenvalue weighted by atomic mass is 32.1. The van der Waals surface area contributed by atoms with E-state index in [-0.39, 0.29) is 23.4 Å². The van der Waals surface area contributed by atoms with E-state index in [9.17, 15) is 9.59 Å². The molecule has 2 aromatic rings. The van der Waals surface area contributed by atoms with Crippen LogP contribution in [0.4, 0.5) is 0 Å². The maximum absolute atomic E-state index is 12.4. The van der Waals surface area contributed by atoms with Gasteiger partial charge < -0.3 is 4.74 Å². The monoisotopic (exact) mass is 300 g/mol. The average molecular weight is 300 g/mol. The number of carbonyl (C=O) groups excluding carboxylic acids is 2. The summed E-state index contributed by atoms with van der Waals surface area (Å²) in [5, 5.41) is 1.01. The molecule has 1 heterocycles. The van der Waals surface area contributed by atoms with E-state index in [2.05, 4.69) is 6.58 Å². The molecule has 108 valence electrons. The van der Waals surface area contributed by atoms with Gasteiger partial charge in [-0.1, -0.05) is 12.7 Å². The van der Waals surface area contributed by atoms with E-state index in [1.807, 2.05) is 18.2 Å². The quantitative estimate of drug-likeness (QED) is 0.785. The number of Topliss-reactive ketones (excluding diaryl/α,β-unsaturated/α-hetero) is 2. The molecule has 2 atom stereocenters. The number of hydrogen-bond acceptors (Lipinski definition) is 4. The second-order valence-electron chi connectivity index (χ2n) is 5.37. The Balaban J connectivity index is 1.96. The molecule has 0 bridgehead atoms. The van der Waals surface area contributed by atoms with Gasteiger partial charge in [0.15, 0.2) is 5.78 Å². The highest BCUT2D eigenvalue weighted by molar-refractivity contribution is 7.20. The van der Waals surface area contributed by atoms with E-state index in [1.165, 1.54) is 11.3 Å². The van der Waals surface area contributed by atoms with Crippen LogP contribution in [0.2, 0.25) is 0 Å². The van der Waals surface area contributed by atoms with Crippen LogP contribution in [-0.2, 0) is 4.79 Å². The van der Waals surface area contributed by atoms with Crippen molar-refractivity contribution in [1.29, 1.82) is 0 Å². The molecule has 1 aromatic carbocycles. The smallest absolute Gasteiger partial charge is 0.176 e. The number of rotatable bonds is 5. The third-order valence-corrected chi connectivity index (χ3v) is 5.09. The minimum atomic E-state index is -0.115. The second-order valence-corrected chi connectivity index (χ2v) is 6.45. The molecular weight excluding hydrogens is 284 g/mol. The lowest BCUT2D eigenvalue weighted by molar-refractivity contribution is -0.118. The Morgan fingerprint density at radius 3 is 2.67 bits per heavy atom. The van der Waals surface area contributed by atoms with Gasteiger partial charge in [-0.05, 0) is 36.9 Å². The number of thiophene rings is 1. The van der Waals surface area contributed by atoms with Gasteiger partial charge in [0.2, 0.25) is 0 Å². The normalized spacial score (nSPS) is 20.3. The molecular formula is C17H16O3S. The third-order valence-electron chi connectivity index (χ3n) is 3.98. The van der Waals surface area contributed by atoms with E-state index in [0.29, 0.717) is 6.42 Å². The van der Waals surface area contributed by atoms with E-state index < -0.39 is 0 Å². The Kier molecular flexibility index (Phi) is 3.41. The van der Waals surface area contributed by atoms with Gasteiger partial charge in [0, 0.05) is 22.1 Å². The van der Waals surface area contributed by atoms with Gasteiger partial charge in [0.05, 0.1) is 12.0 Å². The molecule has 0 N–H and O–H groups in total. The lowest BCUT2D eigenvalue weighted by Crippen LogP contribution is -2.04. The maximum atomic E-state index is 12.4. The van der Waals surface area contributed by atoms with E-state index in [0.717, 1.165) is 26.3 Å². The number of ketones is 2. The van der Waals surface area contributed by atoms with Crippen molar-refractivity contribution >= 4 is 39.1 Å². The summed E-state index contributed by atoms with van der Waals surface area (Å²) in [7, 11) is 1.62. The van der Waals surface area contributed by atoms with Crippen LogP contribution in [0.5, 0.6) is 5.75 Å². The Morgan fingerprint density at radius 2 is 2.10 bits per heavy atom. The number of ether oxygens (including phenoxy) is 1. The van der Waals surface area contributed by atoms with E-state index in [1.54, 1.807) is 20.1 Å². The first-order chi connectivity index (χ1) is 10.0. The standard InChI is InChI=1S/C17H16O3S/c1-4-10-5-11-6-16(21-15(11)8-14(10)20-3)17(19)13-7-12(13)9(2)18/h4-6,8,12-13H,1,7H2,2-3H3/t12-,13-/m1/s1. The third kappa shape index (κ3) is 2.40. The van der Waals surface area contributed by atoms with Crippen molar-refractivity contribution in [3.63, 3.8) is 0 Å². The van der Waals surface area contributed by atoms with Crippen molar-refractivity contribution < 1.29 is 14.3 Å². The first-order valence-electron chi connectivity index (χ1n) is 6.84. The summed E-state index contributed by atoms with van der Waals surface area (Å²) in [5.74, 6) is 0.782. The first-order valence-corrected chi connectivity index (χ1v) is 7.65. The zero-order valence-electron chi connectivity index (χ0n) is 12.0. The Bertz CT molecular complexity index is 757.